The fourth-order valence-corrected chi connectivity index (χ4v) is 0.787. The van der Waals surface area contributed by atoms with Gasteiger partial charge in [0, 0.05) is 6.08 Å². The van der Waals surface area contributed by atoms with E-state index >= 15 is 0 Å². The highest BCUT2D eigenvalue weighted by Crippen LogP contribution is 1.97. The lowest BCUT2D eigenvalue weighted by atomic mass is 10.4. The molecule has 0 aliphatic carbocycles. The summed E-state index contributed by atoms with van der Waals surface area (Å²) in [5.41, 5.74) is 0. The SMILES string of the molecule is C=CC(=O)OC.CC(O)COC(C)COC(C)CO. The van der Waals surface area contributed by atoms with E-state index in [1.807, 2.05) is 6.92 Å². The summed E-state index contributed by atoms with van der Waals surface area (Å²) in [6.07, 6.45) is 0.457. The minimum atomic E-state index is -0.447. The molecule has 3 atom stereocenters. The first-order valence-corrected chi connectivity index (χ1v) is 6.09. The number of esters is 1. The molecule has 114 valence electrons. The summed E-state index contributed by atoms with van der Waals surface area (Å²) in [5, 5.41) is 17.6. The molecule has 0 rings (SSSR count). The standard InChI is InChI=1S/C9H20O4.C4H6O2/c1-7(11)5-12-9(3)6-13-8(2)4-10;1-3-4(5)6-2/h7-11H,4-6H2,1-3H3;3H,1H2,2H3. The van der Waals surface area contributed by atoms with Gasteiger partial charge in [-0.25, -0.2) is 4.79 Å². The van der Waals surface area contributed by atoms with Crippen LogP contribution in [0.15, 0.2) is 12.7 Å². The quantitative estimate of drug-likeness (QED) is 0.497. The molecule has 0 fully saturated rings. The summed E-state index contributed by atoms with van der Waals surface area (Å²) in [7, 11) is 1.31. The summed E-state index contributed by atoms with van der Waals surface area (Å²) in [6.45, 7) is 9.26. The second-order valence-corrected chi connectivity index (χ2v) is 4.05. The lowest BCUT2D eigenvalue weighted by molar-refractivity contribution is -0.134. The third-order valence-electron chi connectivity index (χ3n) is 1.86. The molecule has 6 heteroatoms. The van der Waals surface area contributed by atoms with Gasteiger partial charge in [-0.15, -0.1) is 0 Å². The first kappa shape index (κ1) is 20.4. The fraction of sp³-hybridized carbons (Fsp3) is 0.769. The van der Waals surface area contributed by atoms with E-state index in [2.05, 4.69) is 11.3 Å². The van der Waals surface area contributed by atoms with Crippen LogP contribution in [0, 0.1) is 0 Å². The van der Waals surface area contributed by atoms with Gasteiger partial charge in [-0.05, 0) is 20.8 Å². The first-order valence-electron chi connectivity index (χ1n) is 6.09. The van der Waals surface area contributed by atoms with Crippen molar-refractivity contribution in [2.75, 3.05) is 26.9 Å². The van der Waals surface area contributed by atoms with Crippen molar-refractivity contribution in [2.24, 2.45) is 0 Å². The minimum absolute atomic E-state index is 0.0170. The molecule has 0 aliphatic heterocycles. The van der Waals surface area contributed by atoms with E-state index in [4.69, 9.17) is 19.7 Å². The van der Waals surface area contributed by atoms with E-state index in [1.165, 1.54) is 7.11 Å². The number of methoxy groups -OCH3 is 1. The van der Waals surface area contributed by atoms with Gasteiger partial charge in [-0.1, -0.05) is 6.58 Å². The molecular weight excluding hydrogens is 252 g/mol. The van der Waals surface area contributed by atoms with Crippen molar-refractivity contribution < 1.29 is 29.2 Å². The van der Waals surface area contributed by atoms with Gasteiger partial charge >= 0.3 is 5.97 Å². The van der Waals surface area contributed by atoms with Crippen molar-refractivity contribution in [3.63, 3.8) is 0 Å². The summed E-state index contributed by atoms with van der Waals surface area (Å²) in [5.74, 6) is -0.394. The molecular formula is C13H26O6. The van der Waals surface area contributed by atoms with Crippen LogP contribution in [0.2, 0.25) is 0 Å². The lowest BCUT2D eigenvalue weighted by Crippen LogP contribution is -2.24. The molecule has 0 bridgehead atoms. The largest absolute Gasteiger partial charge is 0.466 e. The van der Waals surface area contributed by atoms with E-state index in [0.29, 0.717) is 13.2 Å². The van der Waals surface area contributed by atoms with E-state index in [9.17, 15) is 4.79 Å². The highest BCUT2D eigenvalue weighted by atomic mass is 16.5. The smallest absolute Gasteiger partial charge is 0.329 e. The number of carbonyl (C=O) groups is 1. The van der Waals surface area contributed by atoms with Gasteiger partial charge in [0.05, 0.1) is 45.2 Å². The maximum Gasteiger partial charge on any atom is 0.329 e. The number of ether oxygens (including phenoxy) is 3. The molecule has 6 nitrogen and oxygen atoms in total. The van der Waals surface area contributed by atoms with Gasteiger partial charge in [0.1, 0.15) is 0 Å². The van der Waals surface area contributed by atoms with Crippen molar-refractivity contribution in [3.8, 4) is 0 Å². The van der Waals surface area contributed by atoms with E-state index in [0.717, 1.165) is 6.08 Å². The Labute approximate surface area is 115 Å². The van der Waals surface area contributed by atoms with Crippen LogP contribution in [0.4, 0.5) is 0 Å². The summed E-state index contributed by atoms with van der Waals surface area (Å²) in [6, 6.07) is 0. The van der Waals surface area contributed by atoms with Gasteiger partial charge < -0.3 is 24.4 Å². The number of aliphatic hydroxyl groups is 2. The van der Waals surface area contributed by atoms with Crippen LogP contribution in [0.5, 0.6) is 0 Å². The Bertz CT molecular complexity index is 229. The van der Waals surface area contributed by atoms with E-state index < -0.39 is 12.1 Å². The highest BCUT2D eigenvalue weighted by Gasteiger charge is 2.06. The van der Waals surface area contributed by atoms with E-state index in [1.54, 1.807) is 13.8 Å². The molecule has 0 saturated heterocycles. The Hall–Kier alpha value is -0.950. The van der Waals surface area contributed by atoms with Crippen LogP contribution < -0.4 is 0 Å². The molecule has 0 radical (unpaired) electrons. The van der Waals surface area contributed by atoms with Crippen LogP contribution in [0.1, 0.15) is 20.8 Å². The lowest BCUT2D eigenvalue weighted by Gasteiger charge is -2.16. The van der Waals surface area contributed by atoms with E-state index in [-0.39, 0.29) is 18.8 Å². The van der Waals surface area contributed by atoms with Crippen molar-refractivity contribution in [1.29, 1.82) is 0 Å². The van der Waals surface area contributed by atoms with Crippen molar-refractivity contribution in [1.82, 2.24) is 0 Å². The molecule has 2 N–H and O–H groups in total. The van der Waals surface area contributed by atoms with Crippen LogP contribution in [0.25, 0.3) is 0 Å². The van der Waals surface area contributed by atoms with Crippen molar-refractivity contribution >= 4 is 5.97 Å². The molecule has 0 amide bonds. The van der Waals surface area contributed by atoms with Gasteiger partial charge in [0.2, 0.25) is 0 Å². The Morgan fingerprint density at radius 2 is 1.74 bits per heavy atom. The second kappa shape index (κ2) is 13.5. The van der Waals surface area contributed by atoms with Crippen LogP contribution >= 0.6 is 0 Å². The predicted molar refractivity (Wildman–Crippen MR) is 71.8 cm³/mol. The zero-order chi connectivity index (χ0) is 15.3. The van der Waals surface area contributed by atoms with Gasteiger partial charge in [0.25, 0.3) is 0 Å². The summed E-state index contributed by atoms with van der Waals surface area (Å²) < 4.78 is 14.6. The third kappa shape index (κ3) is 17.1. The molecule has 0 saturated carbocycles. The van der Waals surface area contributed by atoms with Gasteiger partial charge in [-0.2, -0.15) is 0 Å². The zero-order valence-electron chi connectivity index (χ0n) is 12.2. The molecule has 0 aromatic heterocycles. The van der Waals surface area contributed by atoms with Crippen molar-refractivity contribution in [3.05, 3.63) is 12.7 Å². The topological polar surface area (TPSA) is 85.2 Å². The fourth-order valence-electron chi connectivity index (χ4n) is 0.787. The highest BCUT2D eigenvalue weighted by molar-refractivity contribution is 5.80. The third-order valence-corrected chi connectivity index (χ3v) is 1.86. The minimum Gasteiger partial charge on any atom is -0.466 e. The maximum absolute atomic E-state index is 9.84. The molecule has 0 aliphatic rings. The molecule has 0 spiro atoms. The number of hydrogen-bond donors (Lipinski definition) is 2. The molecule has 0 aromatic carbocycles. The van der Waals surface area contributed by atoms with Crippen LogP contribution in [-0.2, 0) is 19.0 Å². The van der Waals surface area contributed by atoms with Crippen LogP contribution in [0.3, 0.4) is 0 Å². The van der Waals surface area contributed by atoms with Gasteiger partial charge in [-0.3, -0.25) is 0 Å². The number of rotatable bonds is 8. The molecule has 0 aromatic rings. The second-order valence-electron chi connectivity index (χ2n) is 4.05. The Morgan fingerprint density at radius 1 is 1.21 bits per heavy atom. The first-order chi connectivity index (χ1) is 8.87. The van der Waals surface area contributed by atoms with Gasteiger partial charge in [0.15, 0.2) is 0 Å². The average Bonchev–Trinajstić information content (AvgIpc) is 2.41. The zero-order valence-corrected chi connectivity index (χ0v) is 12.2. The Balaban J connectivity index is 0. The predicted octanol–water partition coefficient (Wildman–Crippen LogP) is 0.515. The Morgan fingerprint density at radius 3 is 2.05 bits per heavy atom. The molecule has 3 unspecified atom stereocenters. The summed E-state index contributed by atoms with van der Waals surface area (Å²) >= 11 is 0. The maximum atomic E-state index is 9.84. The van der Waals surface area contributed by atoms with Crippen LogP contribution in [-0.4, -0.2) is 61.4 Å². The number of carbonyl (C=O) groups excluding carboxylic acids is 1. The Kier molecular flexibility index (Phi) is 14.5. The molecule has 0 heterocycles. The number of hydrogen-bond acceptors (Lipinski definition) is 6. The monoisotopic (exact) mass is 278 g/mol. The molecule has 19 heavy (non-hydrogen) atoms. The van der Waals surface area contributed by atoms with Crippen molar-refractivity contribution in [2.45, 2.75) is 39.1 Å². The average molecular weight is 278 g/mol. The summed E-state index contributed by atoms with van der Waals surface area (Å²) in [4.78, 5) is 9.84. The normalized spacial score (nSPS) is 14.6. The number of aliphatic hydroxyl groups excluding tert-OH is 2.